The molecule has 9 nitrogen and oxygen atoms in total. The third-order valence-corrected chi connectivity index (χ3v) is 8.64. The summed E-state index contributed by atoms with van der Waals surface area (Å²) in [7, 11) is 1.61. The highest BCUT2D eigenvalue weighted by molar-refractivity contribution is 5.88. The molecule has 1 aromatic carbocycles. The van der Waals surface area contributed by atoms with Crippen LogP contribution in [-0.4, -0.2) is 58.4 Å². The van der Waals surface area contributed by atoms with Crippen molar-refractivity contribution in [1.82, 2.24) is 15.0 Å². The number of rotatable bonds is 7. The summed E-state index contributed by atoms with van der Waals surface area (Å²) in [5.74, 6) is 0.395. The molecule has 0 spiro atoms. The molecular weight excluding hydrogens is 542 g/mol. The Morgan fingerprint density at radius 2 is 1.72 bits per heavy atom. The van der Waals surface area contributed by atoms with Crippen molar-refractivity contribution in [3.05, 3.63) is 58.7 Å². The highest BCUT2D eigenvalue weighted by Crippen LogP contribution is 2.45. The van der Waals surface area contributed by atoms with Crippen molar-refractivity contribution in [2.24, 2.45) is 5.41 Å². The average Bonchev–Trinajstić information content (AvgIpc) is 2.95. The summed E-state index contributed by atoms with van der Waals surface area (Å²) < 4.78 is 11.5. The minimum absolute atomic E-state index is 0.243. The summed E-state index contributed by atoms with van der Waals surface area (Å²) in [6, 6.07) is 8.49. The van der Waals surface area contributed by atoms with Gasteiger partial charge in [0.25, 0.3) is 0 Å². The first-order valence-corrected chi connectivity index (χ1v) is 15.2. The lowest BCUT2D eigenvalue weighted by molar-refractivity contribution is -0.160. The van der Waals surface area contributed by atoms with Crippen LogP contribution in [0.4, 0.5) is 11.5 Å². The van der Waals surface area contributed by atoms with Gasteiger partial charge in [0.1, 0.15) is 12.1 Å². The van der Waals surface area contributed by atoms with Crippen LogP contribution < -0.4 is 14.5 Å². The standard InChI is InChI=1S/C34H45N5O4/c1-21-28(24-9-10-25-19-39(14-11-23(25)17-24)26-18-27(42-8)36-20-35-26)30(38-15-12-34(6,7)13-16-38)29(22(2)37-21)31(32(40)41)43-33(3,4)5/h9-10,17-18,20,31H,11-16,19H2,1-8H3,(H,40,41). The van der Waals surface area contributed by atoms with E-state index >= 15 is 0 Å². The van der Waals surface area contributed by atoms with E-state index in [1.165, 1.54) is 17.5 Å². The number of fused-ring (bicyclic) bond motifs is 1. The first-order chi connectivity index (χ1) is 20.3. The number of piperidine rings is 1. The maximum atomic E-state index is 12.8. The molecule has 0 amide bonds. The molecule has 5 rings (SSSR count). The van der Waals surface area contributed by atoms with E-state index in [9.17, 15) is 9.90 Å². The molecule has 1 saturated heterocycles. The summed E-state index contributed by atoms with van der Waals surface area (Å²) in [4.78, 5) is 31.0. The van der Waals surface area contributed by atoms with Crippen molar-refractivity contribution in [2.45, 2.75) is 86.0 Å². The molecule has 43 heavy (non-hydrogen) atoms. The number of carbonyl (C=O) groups is 1. The largest absolute Gasteiger partial charge is 0.481 e. The normalized spacial score (nSPS) is 17.4. The number of hydrogen-bond donors (Lipinski definition) is 1. The molecule has 1 N–H and O–H groups in total. The van der Waals surface area contributed by atoms with Crippen LogP contribution in [0, 0.1) is 19.3 Å². The number of nitrogens with zero attached hydrogens (tertiary/aromatic N) is 5. The van der Waals surface area contributed by atoms with Crippen molar-refractivity contribution in [1.29, 1.82) is 0 Å². The molecule has 2 aliphatic rings. The molecule has 9 heteroatoms. The minimum Gasteiger partial charge on any atom is -0.481 e. The van der Waals surface area contributed by atoms with Crippen molar-refractivity contribution in [2.75, 3.05) is 36.5 Å². The van der Waals surface area contributed by atoms with Gasteiger partial charge in [0.2, 0.25) is 5.88 Å². The summed E-state index contributed by atoms with van der Waals surface area (Å²) >= 11 is 0. The average molecular weight is 588 g/mol. The Morgan fingerprint density at radius 1 is 1.00 bits per heavy atom. The zero-order valence-corrected chi connectivity index (χ0v) is 26.8. The number of aliphatic carboxylic acids is 1. The molecular formula is C34H45N5O4. The number of carboxylic acid groups (broad SMARTS) is 1. The Morgan fingerprint density at radius 3 is 2.37 bits per heavy atom. The Kier molecular flexibility index (Phi) is 8.40. The first kappa shape index (κ1) is 30.7. The number of carboxylic acids is 1. The molecule has 1 unspecified atom stereocenters. The molecule has 230 valence electrons. The van der Waals surface area contributed by atoms with Crippen molar-refractivity contribution >= 4 is 17.5 Å². The molecule has 2 aliphatic heterocycles. The zero-order valence-electron chi connectivity index (χ0n) is 26.8. The Labute approximate surface area is 255 Å². The Balaban J connectivity index is 1.60. The lowest BCUT2D eigenvalue weighted by atomic mass is 9.81. The third-order valence-electron chi connectivity index (χ3n) is 8.64. The van der Waals surface area contributed by atoms with Crippen LogP contribution in [0.2, 0.25) is 0 Å². The number of hydrogen-bond acceptors (Lipinski definition) is 8. The van der Waals surface area contributed by atoms with E-state index in [1.807, 2.05) is 40.7 Å². The molecule has 0 saturated carbocycles. The second-order valence-corrected chi connectivity index (χ2v) is 13.6. The molecule has 0 aliphatic carbocycles. The molecule has 3 aromatic rings. The molecule has 1 fully saturated rings. The molecule has 0 bridgehead atoms. The van der Waals surface area contributed by atoms with Crippen LogP contribution >= 0.6 is 0 Å². The monoisotopic (exact) mass is 587 g/mol. The van der Waals surface area contributed by atoms with E-state index < -0.39 is 17.7 Å². The van der Waals surface area contributed by atoms with Gasteiger partial charge in [0.15, 0.2) is 6.10 Å². The number of anilines is 2. The molecule has 4 heterocycles. The van der Waals surface area contributed by atoms with Gasteiger partial charge in [-0.05, 0) is 76.0 Å². The molecule has 1 atom stereocenters. The number of ether oxygens (including phenoxy) is 2. The van der Waals surface area contributed by atoms with Crippen LogP contribution in [0.25, 0.3) is 11.1 Å². The molecule has 2 aromatic heterocycles. The summed E-state index contributed by atoms with van der Waals surface area (Å²) in [5, 5.41) is 10.5. The number of methoxy groups -OCH3 is 1. The second kappa shape index (κ2) is 11.8. The number of benzene rings is 1. The number of aromatic nitrogens is 3. The maximum absolute atomic E-state index is 12.8. The Bertz CT molecular complexity index is 1500. The molecule has 0 radical (unpaired) electrons. The van der Waals surface area contributed by atoms with Crippen molar-refractivity contribution in [3.8, 4) is 17.0 Å². The highest BCUT2D eigenvalue weighted by atomic mass is 16.5. The fourth-order valence-electron chi connectivity index (χ4n) is 6.27. The third kappa shape index (κ3) is 6.61. The quantitative estimate of drug-likeness (QED) is 0.342. The topological polar surface area (TPSA) is 101 Å². The van der Waals surface area contributed by atoms with E-state index in [0.29, 0.717) is 17.1 Å². The van der Waals surface area contributed by atoms with Crippen LogP contribution in [0.5, 0.6) is 5.88 Å². The predicted molar refractivity (Wildman–Crippen MR) is 169 cm³/mol. The summed E-state index contributed by atoms with van der Waals surface area (Å²) in [5.41, 5.74) is 7.37. The lowest BCUT2D eigenvalue weighted by Crippen LogP contribution is -2.39. The van der Waals surface area contributed by atoms with Gasteiger partial charge in [-0.15, -0.1) is 0 Å². The van der Waals surface area contributed by atoms with E-state index in [4.69, 9.17) is 14.5 Å². The van der Waals surface area contributed by atoms with Gasteiger partial charge < -0.3 is 24.4 Å². The minimum atomic E-state index is -1.13. The fraction of sp³-hybridized carbons (Fsp3) is 0.529. The zero-order chi connectivity index (χ0) is 31.1. The van der Waals surface area contributed by atoms with Crippen molar-refractivity contribution in [3.63, 3.8) is 0 Å². The van der Waals surface area contributed by atoms with Gasteiger partial charge in [0.05, 0.1) is 18.4 Å². The second-order valence-electron chi connectivity index (χ2n) is 13.6. The summed E-state index contributed by atoms with van der Waals surface area (Å²) in [6.45, 7) is 17.5. The predicted octanol–water partition coefficient (Wildman–Crippen LogP) is 6.29. The van der Waals surface area contributed by atoms with Gasteiger partial charge in [0, 0.05) is 54.8 Å². The van der Waals surface area contributed by atoms with Crippen LogP contribution in [0.3, 0.4) is 0 Å². The van der Waals surface area contributed by atoms with Gasteiger partial charge in [-0.1, -0.05) is 32.0 Å². The number of pyridine rings is 1. The van der Waals surface area contributed by atoms with Crippen LogP contribution in [0.1, 0.15) is 81.6 Å². The van der Waals surface area contributed by atoms with Gasteiger partial charge in [-0.3, -0.25) is 4.98 Å². The Hall–Kier alpha value is -3.72. The smallest absolute Gasteiger partial charge is 0.337 e. The summed E-state index contributed by atoms with van der Waals surface area (Å²) in [6.07, 6.45) is 3.32. The SMILES string of the molecule is COc1cc(N2CCc3cc(-c4c(C)nc(C)c(C(OC(C)(C)C)C(=O)O)c4N4CCC(C)(C)CC4)ccc3C2)ncn1. The van der Waals surface area contributed by atoms with Crippen LogP contribution in [0.15, 0.2) is 30.6 Å². The maximum Gasteiger partial charge on any atom is 0.337 e. The lowest BCUT2D eigenvalue weighted by Gasteiger charge is -2.41. The van der Waals surface area contributed by atoms with E-state index in [1.54, 1.807) is 7.11 Å². The van der Waals surface area contributed by atoms with Crippen molar-refractivity contribution < 1.29 is 19.4 Å². The van der Waals surface area contributed by atoms with Gasteiger partial charge in [-0.2, -0.15) is 0 Å². The van der Waals surface area contributed by atoms with E-state index in [-0.39, 0.29) is 5.41 Å². The fourth-order valence-corrected chi connectivity index (χ4v) is 6.27. The van der Waals surface area contributed by atoms with E-state index in [2.05, 4.69) is 51.8 Å². The van der Waals surface area contributed by atoms with Crippen LogP contribution in [-0.2, 0) is 22.5 Å². The van der Waals surface area contributed by atoms with Gasteiger partial charge >= 0.3 is 5.97 Å². The van der Waals surface area contributed by atoms with E-state index in [0.717, 1.165) is 73.8 Å². The highest BCUT2D eigenvalue weighted by Gasteiger charge is 2.36. The van der Waals surface area contributed by atoms with Gasteiger partial charge in [-0.25, -0.2) is 14.8 Å². The first-order valence-electron chi connectivity index (χ1n) is 15.2. The number of aryl methyl sites for hydroxylation is 2.